The highest BCUT2D eigenvalue weighted by molar-refractivity contribution is 5.69. The van der Waals surface area contributed by atoms with Crippen molar-refractivity contribution < 1.29 is 0 Å². The Bertz CT molecular complexity index is 573. The Hall–Kier alpha value is -2.16. The first-order valence-electron chi connectivity index (χ1n) is 4.12. The average molecular weight is 189 g/mol. The van der Waals surface area contributed by atoms with Gasteiger partial charge in [0.2, 0.25) is 5.69 Å². The lowest BCUT2D eigenvalue weighted by Crippen LogP contribution is -2.13. The van der Waals surface area contributed by atoms with E-state index in [9.17, 15) is 4.79 Å². The van der Waals surface area contributed by atoms with Gasteiger partial charge in [-0.3, -0.25) is 4.79 Å². The summed E-state index contributed by atoms with van der Waals surface area (Å²) in [5.41, 5.74) is 0.475. The molecular formula is C8H7N5O. The highest BCUT2D eigenvalue weighted by atomic mass is 16.1. The minimum atomic E-state index is -0.477. The molecule has 0 aliphatic rings. The number of aryl methyl sites for hydroxylation is 1. The number of nitrogens with zero attached hydrogens (tertiary/aromatic N) is 4. The summed E-state index contributed by atoms with van der Waals surface area (Å²) < 4.78 is 1.62. The Morgan fingerprint density at radius 3 is 3.14 bits per heavy atom. The molecule has 0 saturated heterocycles. The quantitative estimate of drug-likeness (QED) is 0.684. The molecule has 0 atom stereocenters. The molecule has 70 valence electrons. The first-order chi connectivity index (χ1) is 6.76. The van der Waals surface area contributed by atoms with E-state index in [1.165, 1.54) is 6.20 Å². The van der Waals surface area contributed by atoms with Gasteiger partial charge in [0.1, 0.15) is 11.6 Å². The summed E-state index contributed by atoms with van der Waals surface area (Å²) in [7, 11) is 0. The lowest BCUT2D eigenvalue weighted by Gasteiger charge is -1.96. The predicted octanol–water partition coefficient (Wildman–Crippen LogP) is 0.0112. The predicted molar refractivity (Wildman–Crippen MR) is 48.5 cm³/mol. The van der Waals surface area contributed by atoms with E-state index in [-0.39, 0.29) is 5.69 Å². The van der Waals surface area contributed by atoms with Crippen LogP contribution in [0.1, 0.15) is 12.6 Å². The van der Waals surface area contributed by atoms with Crippen molar-refractivity contribution in [2.45, 2.75) is 13.5 Å². The fraction of sp³-hybridized carbons (Fsp3) is 0.250. The maximum absolute atomic E-state index is 11.2. The summed E-state index contributed by atoms with van der Waals surface area (Å²) in [5, 5.41) is 12.6. The SMILES string of the molecule is CCn1ncc2nc(C#N)c(=O)[nH]c21. The Balaban J connectivity index is 2.84. The molecule has 0 spiro atoms. The number of hydrogen-bond donors (Lipinski definition) is 1. The molecule has 2 aromatic heterocycles. The summed E-state index contributed by atoms with van der Waals surface area (Å²) in [6.07, 6.45) is 1.52. The van der Waals surface area contributed by atoms with E-state index in [4.69, 9.17) is 5.26 Å². The second-order valence-corrected chi connectivity index (χ2v) is 2.72. The van der Waals surface area contributed by atoms with Gasteiger partial charge in [-0.1, -0.05) is 0 Å². The largest absolute Gasteiger partial charge is 0.303 e. The van der Waals surface area contributed by atoms with Crippen LogP contribution < -0.4 is 5.56 Å². The van der Waals surface area contributed by atoms with Gasteiger partial charge < -0.3 is 4.98 Å². The highest BCUT2D eigenvalue weighted by Crippen LogP contribution is 2.05. The first kappa shape index (κ1) is 8.44. The summed E-state index contributed by atoms with van der Waals surface area (Å²) in [4.78, 5) is 17.7. The van der Waals surface area contributed by atoms with E-state index < -0.39 is 5.56 Å². The zero-order valence-corrected chi connectivity index (χ0v) is 7.48. The van der Waals surface area contributed by atoms with Crippen molar-refractivity contribution in [1.82, 2.24) is 19.7 Å². The van der Waals surface area contributed by atoms with Crippen molar-refractivity contribution in [3.8, 4) is 6.07 Å². The molecule has 0 aliphatic carbocycles. The van der Waals surface area contributed by atoms with Crippen LogP contribution in [0.4, 0.5) is 0 Å². The van der Waals surface area contributed by atoms with Crippen LogP contribution in [0, 0.1) is 11.3 Å². The second kappa shape index (κ2) is 2.96. The van der Waals surface area contributed by atoms with Crippen LogP contribution in [-0.4, -0.2) is 19.7 Å². The molecule has 14 heavy (non-hydrogen) atoms. The van der Waals surface area contributed by atoms with Crippen molar-refractivity contribution in [3.05, 3.63) is 22.2 Å². The van der Waals surface area contributed by atoms with Gasteiger partial charge in [0, 0.05) is 6.54 Å². The number of nitriles is 1. The van der Waals surface area contributed by atoms with E-state index in [1.807, 2.05) is 6.92 Å². The summed E-state index contributed by atoms with van der Waals surface area (Å²) in [6, 6.07) is 1.72. The van der Waals surface area contributed by atoms with E-state index in [1.54, 1.807) is 10.8 Å². The van der Waals surface area contributed by atoms with Crippen LogP contribution >= 0.6 is 0 Å². The first-order valence-corrected chi connectivity index (χ1v) is 4.12. The van der Waals surface area contributed by atoms with Crippen molar-refractivity contribution in [2.75, 3.05) is 0 Å². The van der Waals surface area contributed by atoms with E-state index >= 15 is 0 Å². The number of fused-ring (bicyclic) bond motifs is 1. The number of nitrogens with one attached hydrogen (secondary N) is 1. The number of H-pyrrole nitrogens is 1. The Morgan fingerprint density at radius 1 is 1.71 bits per heavy atom. The smallest absolute Gasteiger partial charge is 0.286 e. The standard InChI is InChI=1S/C8H7N5O/c1-2-13-7-6(4-10-13)11-5(3-9)8(14)12-7/h4H,2H2,1H3,(H,12,14). The van der Waals surface area contributed by atoms with Crippen LogP contribution in [0.25, 0.3) is 11.2 Å². The molecule has 6 nitrogen and oxygen atoms in total. The average Bonchev–Trinajstić information content (AvgIpc) is 2.58. The molecular weight excluding hydrogens is 182 g/mol. The van der Waals surface area contributed by atoms with Gasteiger partial charge in [-0.25, -0.2) is 9.67 Å². The van der Waals surface area contributed by atoms with Crippen molar-refractivity contribution in [2.24, 2.45) is 0 Å². The molecule has 0 bridgehead atoms. The van der Waals surface area contributed by atoms with Gasteiger partial charge in [-0.2, -0.15) is 10.4 Å². The fourth-order valence-electron chi connectivity index (χ4n) is 1.24. The summed E-state index contributed by atoms with van der Waals surface area (Å²) in [6.45, 7) is 2.55. The number of hydrogen-bond acceptors (Lipinski definition) is 4. The van der Waals surface area contributed by atoms with Gasteiger partial charge in [0.25, 0.3) is 5.56 Å². The molecule has 6 heteroatoms. The molecule has 0 aromatic carbocycles. The summed E-state index contributed by atoms with van der Waals surface area (Å²) in [5.74, 6) is 0. The maximum atomic E-state index is 11.2. The number of aromatic nitrogens is 4. The lowest BCUT2D eigenvalue weighted by molar-refractivity contribution is 0.675. The Morgan fingerprint density at radius 2 is 2.50 bits per heavy atom. The van der Waals surface area contributed by atoms with Crippen molar-refractivity contribution >= 4 is 11.2 Å². The maximum Gasteiger partial charge on any atom is 0.286 e. The van der Waals surface area contributed by atoms with Gasteiger partial charge in [-0.15, -0.1) is 0 Å². The van der Waals surface area contributed by atoms with Crippen LogP contribution in [0.3, 0.4) is 0 Å². The van der Waals surface area contributed by atoms with Gasteiger partial charge in [-0.05, 0) is 6.92 Å². The third-order valence-electron chi connectivity index (χ3n) is 1.90. The monoisotopic (exact) mass is 189 g/mol. The molecule has 0 radical (unpaired) electrons. The lowest BCUT2D eigenvalue weighted by atomic mass is 10.4. The highest BCUT2D eigenvalue weighted by Gasteiger charge is 2.07. The molecule has 0 aliphatic heterocycles. The third-order valence-corrected chi connectivity index (χ3v) is 1.90. The van der Waals surface area contributed by atoms with Crippen LogP contribution in [-0.2, 0) is 6.54 Å². The number of aromatic amines is 1. The van der Waals surface area contributed by atoms with Crippen molar-refractivity contribution in [1.29, 1.82) is 5.26 Å². The molecule has 0 unspecified atom stereocenters. The topological polar surface area (TPSA) is 87.4 Å². The molecule has 0 amide bonds. The van der Waals surface area contributed by atoms with E-state index in [0.717, 1.165) is 0 Å². The van der Waals surface area contributed by atoms with Crippen LogP contribution in [0.2, 0.25) is 0 Å². The van der Waals surface area contributed by atoms with Crippen molar-refractivity contribution in [3.63, 3.8) is 0 Å². The van der Waals surface area contributed by atoms with Gasteiger partial charge in [0.05, 0.1) is 6.20 Å². The van der Waals surface area contributed by atoms with Gasteiger partial charge in [0.15, 0.2) is 5.65 Å². The van der Waals surface area contributed by atoms with Crippen LogP contribution in [0.5, 0.6) is 0 Å². The van der Waals surface area contributed by atoms with E-state index in [0.29, 0.717) is 17.7 Å². The molecule has 2 aromatic rings. The molecule has 0 saturated carbocycles. The molecule has 1 N–H and O–H groups in total. The van der Waals surface area contributed by atoms with Gasteiger partial charge >= 0.3 is 0 Å². The zero-order chi connectivity index (χ0) is 10.1. The molecule has 0 fully saturated rings. The Kier molecular flexibility index (Phi) is 1.78. The minimum Gasteiger partial charge on any atom is -0.303 e. The zero-order valence-electron chi connectivity index (χ0n) is 7.48. The van der Waals surface area contributed by atoms with Crippen LogP contribution in [0.15, 0.2) is 11.0 Å². The minimum absolute atomic E-state index is 0.131. The third kappa shape index (κ3) is 1.07. The normalized spacial score (nSPS) is 10.3. The summed E-state index contributed by atoms with van der Waals surface area (Å²) >= 11 is 0. The fourth-order valence-corrected chi connectivity index (χ4v) is 1.24. The number of rotatable bonds is 1. The molecule has 2 heterocycles. The van der Waals surface area contributed by atoms with E-state index in [2.05, 4.69) is 15.1 Å². The molecule has 2 rings (SSSR count). The Labute approximate surface area is 78.8 Å². The second-order valence-electron chi connectivity index (χ2n) is 2.72.